The van der Waals surface area contributed by atoms with Crippen LogP contribution >= 0.6 is 23.5 Å². The predicted molar refractivity (Wildman–Crippen MR) is 98.6 cm³/mol. The molecular formula is C17H19NO5S2. The number of phenolic OH excluding ortho intramolecular Hbond substituents is 4. The standard InChI is InChI=1S/C17H19NO5S2/c19-13-4-2-11(8-15(13)21)24-7-1-6-18-17(23)10-25-12-3-5-14(20)16(22)9-12/h2-5,8-9,19-22H,1,6-7,10H2,(H,18,23). The first-order valence-corrected chi connectivity index (χ1v) is 9.49. The van der Waals surface area contributed by atoms with Crippen LogP contribution < -0.4 is 5.32 Å². The smallest absolute Gasteiger partial charge is 0.230 e. The topological polar surface area (TPSA) is 110 Å². The van der Waals surface area contributed by atoms with Gasteiger partial charge in [-0.05, 0) is 48.6 Å². The van der Waals surface area contributed by atoms with Crippen LogP contribution in [0.2, 0.25) is 0 Å². The molecule has 0 unspecified atom stereocenters. The van der Waals surface area contributed by atoms with E-state index in [0.29, 0.717) is 11.4 Å². The highest BCUT2D eigenvalue weighted by Crippen LogP contribution is 2.30. The summed E-state index contributed by atoms with van der Waals surface area (Å²) in [5.41, 5.74) is 0. The molecule has 25 heavy (non-hydrogen) atoms. The lowest BCUT2D eigenvalue weighted by atomic mass is 10.3. The van der Waals surface area contributed by atoms with Gasteiger partial charge in [0.15, 0.2) is 23.0 Å². The maximum atomic E-state index is 11.8. The van der Waals surface area contributed by atoms with E-state index >= 15 is 0 Å². The van der Waals surface area contributed by atoms with Crippen LogP contribution in [0.4, 0.5) is 0 Å². The molecule has 0 aliphatic rings. The molecule has 2 aromatic carbocycles. The summed E-state index contributed by atoms with van der Waals surface area (Å²) in [6, 6.07) is 9.10. The Hall–Kier alpha value is -2.19. The number of hydrogen-bond acceptors (Lipinski definition) is 7. The Bertz CT molecular complexity index is 739. The molecule has 0 saturated heterocycles. The molecule has 0 saturated carbocycles. The largest absolute Gasteiger partial charge is 0.504 e. The van der Waals surface area contributed by atoms with E-state index in [1.807, 2.05) is 0 Å². The van der Waals surface area contributed by atoms with E-state index in [2.05, 4.69) is 5.32 Å². The molecule has 0 aromatic heterocycles. The summed E-state index contributed by atoms with van der Waals surface area (Å²) in [7, 11) is 0. The Morgan fingerprint density at radius 1 is 0.840 bits per heavy atom. The summed E-state index contributed by atoms with van der Waals surface area (Å²) in [6.07, 6.45) is 0.767. The number of aromatic hydroxyl groups is 4. The lowest BCUT2D eigenvalue weighted by Gasteiger charge is -2.06. The minimum atomic E-state index is -0.206. The third-order valence-corrected chi connectivity index (χ3v) is 5.25. The molecule has 5 N–H and O–H groups in total. The van der Waals surface area contributed by atoms with Gasteiger partial charge in [0, 0.05) is 16.3 Å². The van der Waals surface area contributed by atoms with E-state index in [4.69, 9.17) is 0 Å². The molecule has 0 bridgehead atoms. The molecule has 1 amide bonds. The highest BCUT2D eigenvalue weighted by Gasteiger charge is 2.06. The molecule has 0 atom stereocenters. The van der Waals surface area contributed by atoms with E-state index in [1.54, 1.807) is 12.1 Å². The van der Waals surface area contributed by atoms with E-state index in [1.165, 1.54) is 47.8 Å². The Morgan fingerprint density at radius 2 is 1.40 bits per heavy atom. The van der Waals surface area contributed by atoms with E-state index in [0.717, 1.165) is 17.1 Å². The Labute approximate surface area is 153 Å². The molecule has 0 aliphatic heterocycles. The zero-order valence-electron chi connectivity index (χ0n) is 13.3. The van der Waals surface area contributed by atoms with Crippen molar-refractivity contribution in [2.45, 2.75) is 16.2 Å². The minimum absolute atomic E-state index is 0.107. The molecule has 8 heteroatoms. The van der Waals surface area contributed by atoms with Crippen LogP contribution in [-0.4, -0.2) is 44.4 Å². The molecule has 2 rings (SSSR count). The van der Waals surface area contributed by atoms with Crippen molar-refractivity contribution in [1.82, 2.24) is 5.32 Å². The first-order chi connectivity index (χ1) is 12.0. The first kappa shape index (κ1) is 19.1. The van der Waals surface area contributed by atoms with Gasteiger partial charge in [0.05, 0.1) is 5.75 Å². The van der Waals surface area contributed by atoms with E-state index < -0.39 is 0 Å². The number of nitrogens with one attached hydrogen (secondary N) is 1. The quantitative estimate of drug-likeness (QED) is 0.272. The van der Waals surface area contributed by atoms with Gasteiger partial charge < -0.3 is 25.7 Å². The fourth-order valence-corrected chi connectivity index (χ4v) is 3.52. The van der Waals surface area contributed by atoms with Crippen molar-refractivity contribution in [3.63, 3.8) is 0 Å². The van der Waals surface area contributed by atoms with Crippen molar-refractivity contribution in [3.05, 3.63) is 36.4 Å². The third kappa shape index (κ3) is 6.32. The number of hydrogen-bond donors (Lipinski definition) is 5. The summed E-state index contributed by atoms with van der Waals surface area (Å²) in [5.74, 6) is 0.208. The molecule has 0 heterocycles. The summed E-state index contributed by atoms with van der Waals surface area (Å²) >= 11 is 2.80. The zero-order valence-corrected chi connectivity index (χ0v) is 14.9. The van der Waals surface area contributed by atoms with Crippen LogP contribution in [0, 0.1) is 0 Å². The molecule has 0 radical (unpaired) electrons. The Kier molecular flexibility index (Phi) is 7.15. The van der Waals surface area contributed by atoms with Crippen molar-refractivity contribution in [1.29, 1.82) is 0 Å². The molecular weight excluding hydrogens is 362 g/mol. The maximum Gasteiger partial charge on any atom is 0.230 e. The maximum absolute atomic E-state index is 11.8. The summed E-state index contributed by atoms with van der Waals surface area (Å²) < 4.78 is 0. The normalized spacial score (nSPS) is 10.6. The van der Waals surface area contributed by atoms with Crippen LogP contribution in [-0.2, 0) is 4.79 Å². The van der Waals surface area contributed by atoms with E-state index in [-0.39, 0.29) is 34.7 Å². The SMILES string of the molecule is O=C(CSc1ccc(O)c(O)c1)NCCCSc1ccc(O)c(O)c1. The molecule has 0 aliphatic carbocycles. The average Bonchev–Trinajstić information content (AvgIpc) is 2.58. The minimum Gasteiger partial charge on any atom is -0.504 e. The van der Waals surface area contributed by atoms with Gasteiger partial charge in [-0.2, -0.15) is 0 Å². The van der Waals surface area contributed by atoms with Gasteiger partial charge in [-0.1, -0.05) is 0 Å². The first-order valence-electron chi connectivity index (χ1n) is 7.52. The van der Waals surface area contributed by atoms with Crippen molar-refractivity contribution < 1.29 is 25.2 Å². The van der Waals surface area contributed by atoms with Gasteiger partial charge >= 0.3 is 0 Å². The number of carbonyl (C=O) groups is 1. The Morgan fingerprint density at radius 3 is 1.96 bits per heavy atom. The second-order valence-corrected chi connectivity index (χ2v) is 7.36. The van der Waals surface area contributed by atoms with Gasteiger partial charge in [-0.3, -0.25) is 4.79 Å². The summed E-state index contributed by atoms with van der Waals surface area (Å²) in [4.78, 5) is 13.3. The van der Waals surface area contributed by atoms with Crippen LogP contribution in [0.1, 0.15) is 6.42 Å². The van der Waals surface area contributed by atoms with Gasteiger partial charge in [0.1, 0.15) is 0 Å². The lowest BCUT2D eigenvalue weighted by molar-refractivity contribution is -0.118. The average molecular weight is 381 g/mol. The number of thioether (sulfide) groups is 2. The van der Waals surface area contributed by atoms with Gasteiger partial charge in [-0.15, -0.1) is 23.5 Å². The number of rotatable bonds is 8. The monoisotopic (exact) mass is 381 g/mol. The van der Waals surface area contributed by atoms with Crippen molar-refractivity contribution in [2.75, 3.05) is 18.1 Å². The number of carbonyl (C=O) groups excluding carboxylic acids is 1. The molecule has 2 aromatic rings. The highest BCUT2D eigenvalue weighted by molar-refractivity contribution is 8.00. The highest BCUT2D eigenvalue weighted by atomic mass is 32.2. The predicted octanol–water partition coefficient (Wildman–Crippen LogP) is 2.90. The second-order valence-electron chi connectivity index (χ2n) is 5.14. The molecule has 0 fully saturated rings. The molecule has 134 valence electrons. The van der Waals surface area contributed by atoms with E-state index in [9.17, 15) is 25.2 Å². The zero-order chi connectivity index (χ0) is 18.2. The Balaban J connectivity index is 1.61. The van der Waals surface area contributed by atoms with Crippen molar-refractivity contribution in [3.8, 4) is 23.0 Å². The number of benzene rings is 2. The summed E-state index contributed by atoms with van der Waals surface area (Å²) in [6.45, 7) is 0.539. The van der Waals surface area contributed by atoms with Gasteiger partial charge in [-0.25, -0.2) is 0 Å². The summed E-state index contributed by atoms with van der Waals surface area (Å²) in [5, 5.41) is 40.1. The fraction of sp³-hybridized carbons (Fsp3) is 0.235. The second kappa shape index (κ2) is 9.33. The number of phenols is 4. The van der Waals surface area contributed by atoms with Crippen molar-refractivity contribution in [2.24, 2.45) is 0 Å². The van der Waals surface area contributed by atoms with Crippen LogP contribution in [0.25, 0.3) is 0 Å². The van der Waals surface area contributed by atoms with Crippen molar-refractivity contribution >= 4 is 29.4 Å². The third-order valence-electron chi connectivity index (χ3n) is 3.18. The molecule has 0 spiro atoms. The van der Waals surface area contributed by atoms with Crippen LogP contribution in [0.15, 0.2) is 46.2 Å². The fourth-order valence-electron chi connectivity index (χ4n) is 1.88. The van der Waals surface area contributed by atoms with Gasteiger partial charge in [0.25, 0.3) is 0 Å². The molecule has 6 nitrogen and oxygen atoms in total. The van der Waals surface area contributed by atoms with Gasteiger partial charge in [0.2, 0.25) is 5.91 Å². The van der Waals surface area contributed by atoms with Crippen LogP contribution in [0.3, 0.4) is 0 Å². The lowest BCUT2D eigenvalue weighted by Crippen LogP contribution is -2.26. The van der Waals surface area contributed by atoms with Crippen LogP contribution in [0.5, 0.6) is 23.0 Å². The number of amides is 1.